The first-order valence-corrected chi connectivity index (χ1v) is 7.73. The van der Waals surface area contributed by atoms with Crippen LogP contribution in [0.3, 0.4) is 0 Å². The van der Waals surface area contributed by atoms with Crippen molar-refractivity contribution in [1.29, 1.82) is 0 Å². The smallest absolute Gasteiger partial charge is 0.204 e. The Morgan fingerprint density at radius 3 is 2.50 bits per heavy atom. The van der Waals surface area contributed by atoms with Crippen molar-refractivity contribution in [3.63, 3.8) is 0 Å². The molecule has 1 heterocycles. The molecule has 100 valence electrons. The van der Waals surface area contributed by atoms with Crippen LogP contribution < -0.4 is 4.74 Å². The Balaban J connectivity index is 2.23. The minimum atomic E-state index is 0.0331. The summed E-state index contributed by atoms with van der Waals surface area (Å²) in [6, 6.07) is 13.4. The Labute approximate surface area is 129 Å². The first-order valence-electron chi connectivity index (χ1n) is 6.06. The van der Waals surface area contributed by atoms with Gasteiger partial charge in [-0.3, -0.25) is 4.79 Å². The lowest BCUT2D eigenvalue weighted by Crippen LogP contribution is -2.01. The molecule has 0 spiro atoms. The lowest BCUT2D eigenvalue weighted by Gasteiger charge is -2.09. The predicted octanol–water partition coefficient (Wildman–Crippen LogP) is 4.90. The quantitative estimate of drug-likeness (QED) is 0.630. The van der Waals surface area contributed by atoms with Gasteiger partial charge in [0.25, 0.3) is 0 Å². The summed E-state index contributed by atoms with van der Waals surface area (Å²) in [7, 11) is 1.64. The molecule has 0 saturated carbocycles. The summed E-state index contributed by atoms with van der Waals surface area (Å²) in [5.74, 6) is 0.813. The van der Waals surface area contributed by atoms with Gasteiger partial charge < -0.3 is 4.74 Å². The van der Waals surface area contributed by atoms with Gasteiger partial charge in [0.2, 0.25) is 5.78 Å². The fraction of sp³-hybridized carbons (Fsp3) is 0.0625. The van der Waals surface area contributed by atoms with E-state index in [9.17, 15) is 4.79 Å². The third-order valence-electron chi connectivity index (χ3n) is 3.17. The summed E-state index contributed by atoms with van der Waals surface area (Å²) in [5.41, 5.74) is 0.699. The highest BCUT2D eigenvalue weighted by Crippen LogP contribution is 2.32. The van der Waals surface area contributed by atoms with E-state index in [1.54, 1.807) is 7.11 Å². The van der Waals surface area contributed by atoms with Crippen LogP contribution in [-0.2, 0) is 0 Å². The molecule has 20 heavy (non-hydrogen) atoms. The molecule has 0 saturated heterocycles. The van der Waals surface area contributed by atoms with E-state index in [2.05, 4.69) is 15.9 Å². The Hall–Kier alpha value is -1.65. The Morgan fingerprint density at radius 2 is 1.85 bits per heavy atom. The van der Waals surface area contributed by atoms with Crippen molar-refractivity contribution >= 4 is 43.8 Å². The van der Waals surface area contributed by atoms with E-state index in [4.69, 9.17) is 4.74 Å². The molecule has 0 aliphatic carbocycles. The molecule has 0 atom stereocenters. The van der Waals surface area contributed by atoms with Crippen LogP contribution in [-0.4, -0.2) is 12.9 Å². The number of carbonyl (C=O) groups is 1. The number of benzene rings is 2. The highest BCUT2D eigenvalue weighted by molar-refractivity contribution is 9.10. The number of carbonyl (C=O) groups excluding carboxylic acids is 1. The number of fused-ring (bicyclic) bond motifs is 1. The van der Waals surface area contributed by atoms with Gasteiger partial charge in [0.1, 0.15) is 5.75 Å². The van der Waals surface area contributed by atoms with E-state index in [0.29, 0.717) is 5.56 Å². The van der Waals surface area contributed by atoms with Gasteiger partial charge in [-0.05, 0) is 44.9 Å². The van der Waals surface area contributed by atoms with Gasteiger partial charge in [0, 0.05) is 15.4 Å². The first kappa shape index (κ1) is 13.3. The maximum Gasteiger partial charge on any atom is 0.204 e. The average molecular weight is 347 g/mol. The number of ketones is 1. The van der Waals surface area contributed by atoms with E-state index in [1.165, 1.54) is 11.3 Å². The van der Waals surface area contributed by atoms with E-state index < -0.39 is 0 Å². The minimum Gasteiger partial charge on any atom is -0.496 e. The second-order valence-electron chi connectivity index (χ2n) is 4.29. The van der Waals surface area contributed by atoms with Gasteiger partial charge in [0.15, 0.2) is 0 Å². The fourth-order valence-electron chi connectivity index (χ4n) is 2.23. The topological polar surface area (TPSA) is 26.3 Å². The van der Waals surface area contributed by atoms with Gasteiger partial charge in [0.05, 0.1) is 12.0 Å². The zero-order valence-corrected chi connectivity index (χ0v) is 13.1. The Kier molecular flexibility index (Phi) is 3.59. The normalized spacial score (nSPS) is 10.7. The number of thiophene rings is 1. The first-order chi connectivity index (χ1) is 9.72. The second-order valence-corrected chi connectivity index (χ2v) is 6.06. The third-order valence-corrected chi connectivity index (χ3v) is 5.01. The third kappa shape index (κ3) is 2.15. The Bertz CT molecular complexity index is 792. The molecule has 0 aliphatic rings. The maximum atomic E-state index is 12.7. The SMILES string of the molecule is COc1ccc(C(=O)c2sccc2Br)c2ccccc12. The summed E-state index contributed by atoms with van der Waals surface area (Å²) in [5, 5.41) is 3.77. The molecular weight excluding hydrogens is 336 g/mol. The van der Waals surface area contributed by atoms with Gasteiger partial charge in [-0.1, -0.05) is 24.3 Å². The molecular formula is C16H11BrO2S. The van der Waals surface area contributed by atoms with Gasteiger partial charge in [-0.25, -0.2) is 0 Å². The molecule has 0 fully saturated rings. The predicted molar refractivity (Wildman–Crippen MR) is 86.0 cm³/mol. The van der Waals surface area contributed by atoms with Crippen molar-refractivity contribution in [1.82, 2.24) is 0 Å². The van der Waals surface area contributed by atoms with Crippen molar-refractivity contribution in [3.8, 4) is 5.75 Å². The molecule has 0 radical (unpaired) electrons. The van der Waals surface area contributed by atoms with Crippen LogP contribution in [0.1, 0.15) is 15.2 Å². The molecule has 1 aromatic heterocycles. The van der Waals surface area contributed by atoms with Crippen LogP contribution in [0.15, 0.2) is 52.3 Å². The lowest BCUT2D eigenvalue weighted by molar-refractivity contribution is 0.104. The molecule has 0 amide bonds. The minimum absolute atomic E-state index is 0.0331. The monoisotopic (exact) mass is 346 g/mol. The number of halogens is 1. The number of methoxy groups -OCH3 is 1. The van der Waals surface area contributed by atoms with Gasteiger partial charge in [-0.2, -0.15) is 0 Å². The molecule has 0 unspecified atom stereocenters. The molecule has 0 aliphatic heterocycles. The van der Waals surface area contributed by atoms with E-state index in [0.717, 1.165) is 25.9 Å². The molecule has 4 heteroatoms. The second kappa shape index (κ2) is 5.38. The number of hydrogen-bond donors (Lipinski definition) is 0. The standard InChI is InChI=1S/C16H11BrO2S/c1-19-14-7-6-12(10-4-2-3-5-11(10)14)15(18)16-13(17)8-9-20-16/h2-9H,1H3. The molecule has 3 rings (SSSR count). The summed E-state index contributed by atoms with van der Waals surface area (Å²) in [4.78, 5) is 13.4. The Morgan fingerprint density at radius 1 is 1.10 bits per heavy atom. The van der Waals surface area contributed by atoms with Crippen molar-refractivity contribution in [2.75, 3.05) is 7.11 Å². The maximum absolute atomic E-state index is 12.7. The van der Waals surface area contributed by atoms with E-state index in [-0.39, 0.29) is 5.78 Å². The molecule has 3 aromatic rings. The summed E-state index contributed by atoms with van der Waals surface area (Å²) >= 11 is 4.86. The summed E-state index contributed by atoms with van der Waals surface area (Å²) in [6.07, 6.45) is 0. The summed E-state index contributed by atoms with van der Waals surface area (Å²) < 4.78 is 6.20. The molecule has 0 N–H and O–H groups in total. The van der Waals surface area contributed by atoms with Crippen molar-refractivity contribution in [2.45, 2.75) is 0 Å². The van der Waals surface area contributed by atoms with Crippen LogP contribution in [0.4, 0.5) is 0 Å². The van der Waals surface area contributed by atoms with Crippen LogP contribution in [0.5, 0.6) is 5.75 Å². The van der Waals surface area contributed by atoms with Gasteiger partial charge >= 0.3 is 0 Å². The van der Waals surface area contributed by atoms with Gasteiger partial charge in [-0.15, -0.1) is 11.3 Å². The van der Waals surface area contributed by atoms with Crippen LogP contribution in [0, 0.1) is 0 Å². The number of rotatable bonds is 3. The number of hydrogen-bond acceptors (Lipinski definition) is 3. The highest BCUT2D eigenvalue weighted by atomic mass is 79.9. The molecule has 0 bridgehead atoms. The van der Waals surface area contributed by atoms with E-state index in [1.807, 2.05) is 47.8 Å². The summed E-state index contributed by atoms with van der Waals surface area (Å²) in [6.45, 7) is 0. The van der Waals surface area contributed by atoms with Crippen LogP contribution in [0.25, 0.3) is 10.8 Å². The zero-order valence-electron chi connectivity index (χ0n) is 10.7. The fourth-order valence-corrected chi connectivity index (χ4v) is 3.73. The van der Waals surface area contributed by atoms with Crippen molar-refractivity contribution < 1.29 is 9.53 Å². The van der Waals surface area contributed by atoms with Crippen LogP contribution in [0.2, 0.25) is 0 Å². The van der Waals surface area contributed by atoms with Crippen molar-refractivity contribution in [2.24, 2.45) is 0 Å². The molecule has 2 nitrogen and oxygen atoms in total. The highest BCUT2D eigenvalue weighted by Gasteiger charge is 2.17. The lowest BCUT2D eigenvalue weighted by atomic mass is 10.00. The average Bonchev–Trinajstić information content (AvgIpc) is 2.91. The van der Waals surface area contributed by atoms with Crippen molar-refractivity contribution in [3.05, 3.63) is 62.8 Å². The largest absolute Gasteiger partial charge is 0.496 e. The number of ether oxygens (including phenoxy) is 1. The van der Waals surface area contributed by atoms with E-state index >= 15 is 0 Å². The molecule has 2 aromatic carbocycles. The zero-order chi connectivity index (χ0) is 14.1. The van der Waals surface area contributed by atoms with Crippen LogP contribution >= 0.6 is 27.3 Å².